The molecule has 3 rings (SSSR count). The van der Waals surface area contributed by atoms with Gasteiger partial charge in [-0.3, -0.25) is 4.79 Å². The first-order valence-electron chi connectivity index (χ1n) is 7.75. The second kappa shape index (κ2) is 7.20. The van der Waals surface area contributed by atoms with E-state index in [1.165, 1.54) is 28.6 Å². The summed E-state index contributed by atoms with van der Waals surface area (Å²) < 4.78 is 19.9. The van der Waals surface area contributed by atoms with E-state index in [1.807, 2.05) is 20.8 Å². The van der Waals surface area contributed by atoms with Crippen LogP contribution in [0.25, 0.3) is 11.5 Å². The van der Waals surface area contributed by atoms with Crippen LogP contribution in [0.5, 0.6) is 0 Å². The number of thioether (sulfide) groups is 1. The maximum Gasteiger partial charge on any atom is 0.287 e. The largest absolute Gasteiger partial charge is 0.420 e. The highest BCUT2D eigenvalue weighted by molar-refractivity contribution is 7.98. The lowest BCUT2D eigenvalue weighted by atomic mass is 10.1. The second-order valence-electron chi connectivity index (χ2n) is 6.51. The standard InChI is InChI=1S/C17H16ClFN4O2S/c1-17(2,3)23-16(24)14(18)12(8-20-23)26-9-13-21-22-15(25-13)10-4-6-11(19)7-5-10/h4-8H,9H2,1-3H3. The van der Waals surface area contributed by atoms with Gasteiger partial charge in [0.05, 0.1) is 22.4 Å². The first-order valence-corrected chi connectivity index (χ1v) is 9.11. The van der Waals surface area contributed by atoms with Crippen molar-refractivity contribution in [3.05, 3.63) is 57.5 Å². The van der Waals surface area contributed by atoms with Crippen molar-refractivity contribution in [1.29, 1.82) is 0 Å². The molecular weight excluding hydrogens is 379 g/mol. The molecule has 0 aliphatic rings. The normalized spacial score (nSPS) is 11.7. The SMILES string of the molecule is CC(C)(C)n1ncc(SCc2nnc(-c3ccc(F)cc3)o2)c(Cl)c1=O. The fourth-order valence-corrected chi connectivity index (χ4v) is 3.18. The molecule has 9 heteroatoms. The van der Waals surface area contributed by atoms with Gasteiger partial charge in [-0.25, -0.2) is 9.07 Å². The summed E-state index contributed by atoms with van der Waals surface area (Å²) >= 11 is 7.47. The third kappa shape index (κ3) is 3.96. The zero-order valence-electron chi connectivity index (χ0n) is 14.4. The summed E-state index contributed by atoms with van der Waals surface area (Å²) in [4.78, 5) is 12.9. The fourth-order valence-electron chi connectivity index (χ4n) is 2.16. The molecule has 0 unspecified atom stereocenters. The van der Waals surface area contributed by atoms with E-state index in [4.69, 9.17) is 16.0 Å². The lowest BCUT2D eigenvalue weighted by Gasteiger charge is -2.20. The molecule has 0 spiro atoms. The lowest BCUT2D eigenvalue weighted by molar-refractivity contribution is 0.336. The molecule has 2 aromatic heterocycles. The quantitative estimate of drug-likeness (QED) is 0.619. The molecule has 26 heavy (non-hydrogen) atoms. The molecule has 136 valence electrons. The fraction of sp³-hybridized carbons (Fsp3) is 0.294. The van der Waals surface area contributed by atoms with Crippen molar-refractivity contribution in [3.63, 3.8) is 0 Å². The molecule has 0 saturated carbocycles. The zero-order chi connectivity index (χ0) is 18.9. The smallest absolute Gasteiger partial charge is 0.287 e. The van der Waals surface area contributed by atoms with Gasteiger partial charge in [-0.2, -0.15) is 5.10 Å². The molecular formula is C17H16ClFN4O2S. The number of rotatable bonds is 4. The summed E-state index contributed by atoms with van der Waals surface area (Å²) in [6, 6.07) is 5.77. The van der Waals surface area contributed by atoms with Crippen LogP contribution in [-0.4, -0.2) is 20.0 Å². The molecule has 0 fully saturated rings. The van der Waals surface area contributed by atoms with Gasteiger partial charge in [0, 0.05) is 5.56 Å². The molecule has 0 aliphatic carbocycles. The average molecular weight is 395 g/mol. The van der Waals surface area contributed by atoms with Crippen LogP contribution in [0.2, 0.25) is 5.02 Å². The van der Waals surface area contributed by atoms with Gasteiger partial charge in [0.1, 0.15) is 10.8 Å². The molecule has 0 amide bonds. The van der Waals surface area contributed by atoms with Crippen molar-refractivity contribution in [2.24, 2.45) is 0 Å². The van der Waals surface area contributed by atoms with Crippen molar-refractivity contribution in [3.8, 4) is 11.5 Å². The number of nitrogens with zero attached hydrogens (tertiary/aromatic N) is 4. The monoisotopic (exact) mass is 394 g/mol. The van der Waals surface area contributed by atoms with E-state index in [-0.39, 0.29) is 16.4 Å². The Morgan fingerprint density at radius 1 is 1.23 bits per heavy atom. The minimum absolute atomic E-state index is 0.109. The number of benzene rings is 1. The minimum atomic E-state index is -0.458. The summed E-state index contributed by atoms with van der Waals surface area (Å²) in [6.07, 6.45) is 1.55. The number of hydrogen-bond acceptors (Lipinski definition) is 6. The third-order valence-corrected chi connectivity index (χ3v) is 4.92. The molecule has 0 bridgehead atoms. The van der Waals surface area contributed by atoms with Gasteiger partial charge < -0.3 is 4.42 Å². The van der Waals surface area contributed by atoms with Crippen molar-refractivity contribution in [1.82, 2.24) is 20.0 Å². The van der Waals surface area contributed by atoms with Crippen LogP contribution >= 0.6 is 23.4 Å². The van der Waals surface area contributed by atoms with Crippen LogP contribution in [0.3, 0.4) is 0 Å². The predicted octanol–water partition coefficient (Wildman–Crippen LogP) is 4.13. The molecule has 0 atom stereocenters. The molecule has 6 nitrogen and oxygen atoms in total. The molecule has 0 aliphatic heterocycles. The van der Waals surface area contributed by atoms with E-state index in [1.54, 1.807) is 18.3 Å². The first-order chi connectivity index (χ1) is 12.3. The van der Waals surface area contributed by atoms with Crippen LogP contribution in [0.15, 0.2) is 44.6 Å². The van der Waals surface area contributed by atoms with Gasteiger partial charge in [0.15, 0.2) is 0 Å². The molecule has 1 aromatic carbocycles. The first kappa shape index (κ1) is 18.6. The Hall–Kier alpha value is -2.19. The summed E-state index contributed by atoms with van der Waals surface area (Å²) in [5, 5.41) is 12.2. The Morgan fingerprint density at radius 3 is 2.58 bits per heavy atom. The lowest BCUT2D eigenvalue weighted by Crippen LogP contribution is -2.36. The molecule has 0 N–H and O–H groups in total. The van der Waals surface area contributed by atoms with Gasteiger partial charge in [0.25, 0.3) is 5.56 Å². The van der Waals surface area contributed by atoms with E-state index in [2.05, 4.69) is 15.3 Å². The third-order valence-electron chi connectivity index (χ3n) is 3.43. The summed E-state index contributed by atoms with van der Waals surface area (Å²) in [5.41, 5.74) is -0.176. The molecule has 2 heterocycles. The summed E-state index contributed by atoms with van der Waals surface area (Å²) in [7, 11) is 0. The van der Waals surface area contributed by atoms with Crippen molar-refractivity contribution in [2.75, 3.05) is 0 Å². The Morgan fingerprint density at radius 2 is 1.92 bits per heavy atom. The molecule has 3 aromatic rings. The average Bonchev–Trinajstić information content (AvgIpc) is 3.04. The van der Waals surface area contributed by atoms with Gasteiger partial charge in [0.2, 0.25) is 11.8 Å². The van der Waals surface area contributed by atoms with Gasteiger partial charge in [-0.15, -0.1) is 22.0 Å². The van der Waals surface area contributed by atoms with E-state index in [0.717, 1.165) is 0 Å². The van der Waals surface area contributed by atoms with Crippen LogP contribution in [0.4, 0.5) is 4.39 Å². The highest BCUT2D eigenvalue weighted by Crippen LogP contribution is 2.28. The van der Waals surface area contributed by atoms with Gasteiger partial charge in [-0.1, -0.05) is 11.6 Å². The van der Waals surface area contributed by atoms with Crippen molar-refractivity contribution in [2.45, 2.75) is 37.0 Å². The van der Waals surface area contributed by atoms with Crippen molar-refractivity contribution >= 4 is 23.4 Å². The van der Waals surface area contributed by atoms with E-state index in [0.29, 0.717) is 28.0 Å². The Balaban J connectivity index is 1.75. The minimum Gasteiger partial charge on any atom is -0.420 e. The number of hydrogen-bond donors (Lipinski definition) is 0. The van der Waals surface area contributed by atoms with Crippen molar-refractivity contribution < 1.29 is 8.81 Å². The van der Waals surface area contributed by atoms with Gasteiger partial charge in [-0.05, 0) is 45.0 Å². The maximum atomic E-state index is 13.0. The Labute approximate surface area is 158 Å². The second-order valence-corrected chi connectivity index (χ2v) is 7.90. The highest BCUT2D eigenvalue weighted by Gasteiger charge is 2.20. The maximum absolute atomic E-state index is 13.0. The number of aromatic nitrogens is 4. The Bertz CT molecular complexity index is 980. The van der Waals surface area contributed by atoms with Gasteiger partial charge >= 0.3 is 0 Å². The Kier molecular flexibility index (Phi) is 5.15. The zero-order valence-corrected chi connectivity index (χ0v) is 15.9. The molecule has 0 saturated heterocycles. The summed E-state index contributed by atoms with van der Waals surface area (Å²) in [5.74, 6) is 0.656. The van der Waals surface area contributed by atoms with Crippen LogP contribution in [-0.2, 0) is 11.3 Å². The highest BCUT2D eigenvalue weighted by atomic mass is 35.5. The van der Waals surface area contributed by atoms with E-state index >= 15 is 0 Å². The number of halogens is 2. The van der Waals surface area contributed by atoms with Crippen LogP contribution < -0.4 is 5.56 Å². The van der Waals surface area contributed by atoms with Crippen LogP contribution in [0, 0.1) is 5.82 Å². The predicted molar refractivity (Wildman–Crippen MR) is 97.8 cm³/mol. The topological polar surface area (TPSA) is 73.8 Å². The summed E-state index contributed by atoms with van der Waals surface area (Å²) in [6.45, 7) is 5.62. The van der Waals surface area contributed by atoms with E-state index in [9.17, 15) is 9.18 Å². The van der Waals surface area contributed by atoms with Crippen LogP contribution in [0.1, 0.15) is 26.7 Å². The van der Waals surface area contributed by atoms with E-state index < -0.39 is 5.54 Å². The molecule has 0 radical (unpaired) electrons.